The number of pyridine rings is 1. The van der Waals surface area contributed by atoms with Crippen molar-refractivity contribution in [3.63, 3.8) is 0 Å². The summed E-state index contributed by atoms with van der Waals surface area (Å²) in [5, 5.41) is 3.79. The van der Waals surface area contributed by atoms with Gasteiger partial charge in [-0.15, -0.1) is 0 Å². The van der Waals surface area contributed by atoms with E-state index in [0.29, 0.717) is 0 Å². The molecule has 0 spiro atoms. The lowest BCUT2D eigenvalue weighted by atomic mass is 10.2. The Morgan fingerprint density at radius 1 is 1.38 bits per heavy atom. The van der Waals surface area contributed by atoms with E-state index in [2.05, 4.69) is 14.5 Å². The van der Waals surface area contributed by atoms with Crippen LogP contribution in [0.15, 0.2) is 36.5 Å². The van der Waals surface area contributed by atoms with Crippen molar-refractivity contribution in [3.8, 4) is 0 Å². The molecule has 0 aliphatic rings. The van der Waals surface area contributed by atoms with Gasteiger partial charge in [-0.1, -0.05) is 6.07 Å². The molecule has 0 bridgehead atoms. The normalized spacial score (nSPS) is 12.6. The zero-order valence-corrected chi connectivity index (χ0v) is 9.07. The van der Waals surface area contributed by atoms with Gasteiger partial charge in [0.05, 0.1) is 16.9 Å². The van der Waals surface area contributed by atoms with Gasteiger partial charge in [0, 0.05) is 17.3 Å². The lowest BCUT2D eigenvalue weighted by molar-refractivity contribution is 0.323. The molecule has 16 heavy (non-hydrogen) atoms. The maximum Gasteiger partial charge on any atom is 0.132 e. The Kier molecular flexibility index (Phi) is 3.45. The van der Waals surface area contributed by atoms with Crippen LogP contribution in [0.25, 0.3) is 10.9 Å². The Balaban J connectivity index is 2.20. The molecule has 1 heterocycles. The van der Waals surface area contributed by atoms with Crippen LogP contribution in [0.3, 0.4) is 0 Å². The molecule has 6 heteroatoms. The molecule has 84 valence electrons. The number of hydrogen-bond acceptors (Lipinski definition) is 5. The Morgan fingerprint density at radius 3 is 3.06 bits per heavy atom. The first-order valence-corrected chi connectivity index (χ1v) is 5.57. The van der Waals surface area contributed by atoms with E-state index in [0.717, 1.165) is 16.6 Å². The molecule has 0 amide bonds. The fraction of sp³-hybridized carbons (Fsp3) is 0.100. The maximum absolute atomic E-state index is 10.2. The minimum Gasteiger partial charge on any atom is -0.750 e. The van der Waals surface area contributed by atoms with Gasteiger partial charge in [0.25, 0.3) is 0 Å². The topological polar surface area (TPSA) is 74.3 Å². The number of hydrogen-bond donors (Lipinski definition) is 1. The number of benzene rings is 1. The molecule has 0 saturated heterocycles. The summed E-state index contributed by atoms with van der Waals surface area (Å²) in [7, 11) is 0. The van der Waals surface area contributed by atoms with Crippen LogP contribution in [0.5, 0.6) is 0 Å². The van der Waals surface area contributed by atoms with Crippen LogP contribution in [0, 0.1) is 0 Å². The zero-order valence-electron chi connectivity index (χ0n) is 8.25. The Labute approximate surface area is 94.9 Å². The van der Waals surface area contributed by atoms with Crippen molar-refractivity contribution in [2.75, 3.05) is 12.0 Å². The van der Waals surface area contributed by atoms with Crippen LogP contribution in [0.4, 0.5) is 5.69 Å². The average Bonchev–Trinajstić information content (AvgIpc) is 2.29. The van der Waals surface area contributed by atoms with E-state index in [9.17, 15) is 8.76 Å². The van der Waals surface area contributed by atoms with Gasteiger partial charge in [0.15, 0.2) is 0 Å². The van der Waals surface area contributed by atoms with Gasteiger partial charge in [-0.2, -0.15) is 0 Å². The molecule has 0 aliphatic heterocycles. The Bertz CT molecular complexity index is 513. The van der Waals surface area contributed by atoms with E-state index in [-0.39, 0.29) is 6.73 Å². The molecule has 0 radical (unpaired) electrons. The molecule has 0 fully saturated rings. The summed E-state index contributed by atoms with van der Waals surface area (Å²) in [6.45, 7) is -0.0931. The first-order chi connectivity index (χ1) is 7.77. The minimum absolute atomic E-state index is 0.0931. The summed E-state index contributed by atoms with van der Waals surface area (Å²) in [5.41, 5.74) is 1.63. The van der Waals surface area contributed by atoms with E-state index < -0.39 is 11.4 Å². The highest BCUT2D eigenvalue weighted by atomic mass is 32.2. The summed E-state index contributed by atoms with van der Waals surface area (Å²) in [6.07, 6.45) is 1.70. The van der Waals surface area contributed by atoms with Gasteiger partial charge in [-0.25, -0.2) is 4.21 Å². The van der Waals surface area contributed by atoms with Crippen LogP contribution < -0.4 is 5.32 Å². The molecule has 1 unspecified atom stereocenters. The number of nitrogens with one attached hydrogen (secondary N) is 1. The van der Waals surface area contributed by atoms with Crippen molar-refractivity contribution < 1.29 is 12.9 Å². The third kappa shape index (κ3) is 2.54. The van der Waals surface area contributed by atoms with Crippen molar-refractivity contribution >= 4 is 28.0 Å². The molecule has 5 nitrogen and oxygen atoms in total. The molecule has 1 N–H and O–H groups in total. The van der Waals surface area contributed by atoms with Gasteiger partial charge < -0.3 is 9.87 Å². The summed E-state index contributed by atoms with van der Waals surface area (Å²) in [5.74, 6) is 0. The Morgan fingerprint density at radius 2 is 2.25 bits per heavy atom. The molecular formula is C10H9N2O3S-. The second-order valence-electron chi connectivity index (χ2n) is 3.02. The molecule has 1 aromatic heterocycles. The highest BCUT2D eigenvalue weighted by Gasteiger charge is 1.99. The first kappa shape index (κ1) is 11.0. The summed E-state index contributed by atoms with van der Waals surface area (Å²) < 4.78 is 24.7. The van der Waals surface area contributed by atoms with Crippen molar-refractivity contribution in [2.45, 2.75) is 0 Å². The van der Waals surface area contributed by atoms with Crippen molar-refractivity contribution in [3.05, 3.63) is 36.5 Å². The molecule has 0 aliphatic carbocycles. The van der Waals surface area contributed by atoms with E-state index >= 15 is 0 Å². The monoisotopic (exact) mass is 237 g/mol. The van der Waals surface area contributed by atoms with Gasteiger partial charge >= 0.3 is 0 Å². The van der Waals surface area contributed by atoms with E-state index in [1.165, 1.54) is 0 Å². The molecule has 1 atom stereocenters. The molecule has 2 aromatic rings. The summed E-state index contributed by atoms with van der Waals surface area (Å²) in [4.78, 5) is 4.18. The number of nitrogens with zero attached hydrogens (tertiary/aromatic N) is 1. The molecule has 1 aromatic carbocycles. The van der Waals surface area contributed by atoms with Crippen LogP contribution >= 0.6 is 0 Å². The standard InChI is InChI=1S/C10H10N2O3S/c13-16(14)15-7-12-10-5-1-4-9-8(10)3-2-6-11-9/h1-6,12H,7H2,(H,13,14)/p-1. The van der Waals surface area contributed by atoms with Gasteiger partial charge in [-0.3, -0.25) is 9.17 Å². The lowest BCUT2D eigenvalue weighted by Gasteiger charge is -2.10. The summed E-state index contributed by atoms with van der Waals surface area (Å²) in [6, 6.07) is 9.28. The quantitative estimate of drug-likeness (QED) is 0.643. The Hall–Kier alpha value is -1.50. The second-order valence-corrected chi connectivity index (χ2v) is 3.66. The van der Waals surface area contributed by atoms with Crippen molar-refractivity contribution in [1.82, 2.24) is 4.98 Å². The van der Waals surface area contributed by atoms with Gasteiger partial charge in [-0.05, 0) is 24.3 Å². The number of rotatable bonds is 4. The van der Waals surface area contributed by atoms with Gasteiger partial charge in [0.1, 0.15) is 6.73 Å². The largest absolute Gasteiger partial charge is 0.750 e. The van der Waals surface area contributed by atoms with Crippen molar-refractivity contribution in [2.24, 2.45) is 0 Å². The highest BCUT2D eigenvalue weighted by molar-refractivity contribution is 7.74. The second kappa shape index (κ2) is 5.02. The van der Waals surface area contributed by atoms with E-state index in [1.54, 1.807) is 6.20 Å². The van der Waals surface area contributed by atoms with Crippen molar-refractivity contribution in [1.29, 1.82) is 0 Å². The highest BCUT2D eigenvalue weighted by Crippen LogP contribution is 2.20. The van der Waals surface area contributed by atoms with Crippen LogP contribution in [-0.2, 0) is 15.5 Å². The third-order valence-corrected chi connectivity index (χ3v) is 2.37. The maximum atomic E-state index is 10.2. The average molecular weight is 237 g/mol. The van der Waals surface area contributed by atoms with Crippen LogP contribution in [0.2, 0.25) is 0 Å². The number of aromatic nitrogens is 1. The SMILES string of the molecule is O=S([O-])OCNc1cccc2ncccc12. The number of anilines is 1. The zero-order chi connectivity index (χ0) is 11.4. The van der Waals surface area contributed by atoms with Gasteiger partial charge in [0.2, 0.25) is 0 Å². The smallest absolute Gasteiger partial charge is 0.132 e. The number of fused-ring (bicyclic) bond motifs is 1. The minimum atomic E-state index is -2.50. The predicted molar refractivity (Wildman–Crippen MR) is 60.2 cm³/mol. The summed E-state index contributed by atoms with van der Waals surface area (Å²) >= 11 is -2.50. The fourth-order valence-electron chi connectivity index (χ4n) is 1.41. The van der Waals surface area contributed by atoms with Crippen LogP contribution in [-0.4, -0.2) is 20.5 Å². The predicted octanol–water partition coefficient (Wildman–Crippen LogP) is 1.41. The fourth-order valence-corrected chi connectivity index (χ4v) is 1.57. The molecular weight excluding hydrogens is 228 g/mol. The third-order valence-electron chi connectivity index (χ3n) is 2.06. The van der Waals surface area contributed by atoms with E-state index in [4.69, 9.17) is 0 Å². The lowest BCUT2D eigenvalue weighted by Crippen LogP contribution is -2.07. The first-order valence-electron chi connectivity index (χ1n) is 4.57. The molecule has 0 saturated carbocycles. The van der Waals surface area contributed by atoms with E-state index in [1.807, 2.05) is 30.3 Å². The van der Waals surface area contributed by atoms with Crippen LogP contribution in [0.1, 0.15) is 0 Å². The molecule has 2 rings (SSSR count).